The van der Waals surface area contributed by atoms with E-state index in [0.717, 1.165) is 45.3 Å². The van der Waals surface area contributed by atoms with Crippen molar-refractivity contribution in [1.82, 2.24) is 4.90 Å². The Bertz CT molecular complexity index is 256. The van der Waals surface area contributed by atoms with Gasteiger partial charge in [0.25, 0.3) is 0 Å². The number of piperidine rings is 1. The van der Waals surface area contributed by atoms with Crippen LogP contribution in [0.4, 0.5) is 0 Å². The number of rotatable bonds is 3. The zero-order chi connectivity index (χ0) is 15.2. The lowest BCUT2D eigenvalue weighted by Crippen LogP contribution is -2.42. The van der Waals surface area contributed by atoms with Crippen LogP contribution in [0.2, 0.25) is 0 Å². The highest BCUT2D eigenvalue weighted by Crippen LogP contribution is 2.21. The van der Waals surface area contributed by atoms with Gasteiger partial charge in [-0.1, -0.05) is 0 Å². The minimum absolute atomic E-state index is 0.0297. The molecule has 0 amide bonds. The molecule has 20 heavy (non-hydrogen) atoms. The van der Waals surface area contributed by atoms with Gasteiger partial charge in [0.15, 0.2) is 12.1 Å². The molecule has 2 unspecified atom stereocenters. The first-order chi connectivity index (χ1) is 9.28. The lowest BCUT2D eigenvalue weighted by atomic mass is 10.1. The maximum absolute atomic E-state index is 8.08. The monoisotopic (exact) mass is 290 g/mol. The molecule has 2 heterocycles. The fourth-order valence-electron chi connectivity index (χ4n) is 2.40. The third-order valence-corrected chi connectivity index (χ3v) is 3.43. The number of methoxy groups -OCH3 is 1. The highest BCUT2D eigenvalue weighted by Gasteiger charge is 2.27. The van der Waals surface area contributed by atoms with Crippen molar-refractivity contribution in [3.63, 3.8) is 0 Å². The third kappa shape index (κ3) is 8.14. The minimum atomic E-state index is -1.50. The largest absolute Gasteiger partial charge is 0.366 e. The van der Waals surface area contributed by atoms with Gasteiger partial charge in [-0.15, -0.1) is 0 Å². The predicted molar refractivity (Wildman–Crippen MR) is 77.1 cm³/mol. The van der Waals surface area contributed by atoms with Crippen LogP contribution in [-0.2, 0) is 9.47 Å². The molecule has 2 rings (SSSR count). The molecule has 0 bridgehead atoms. The third-order valence-electron chi connectivity index (χ3n) is 3.43. The Labute approximate surface area is 121 Å². The Hall–Kier alpha value is -0.240. The SMILES string of the molecule is CC(C)(O)O.COC1CCC(CN2CCC(N)CC2)O1. The molecule has 0 saturated carbocycles. The quantitative estimate of drug-likeness (QED) is 0.647. The van der Waals surface area contributed by atoms with Crippen molar-refractivity contribution in [3.05, 3.63) is 0 Å². The highest BCUT2D eigenvalue weighted by atomic mass is 16.7. The van der Waals surface area contributed by atoms with Gasteiger partial charge < -0.3 is 30.3 Å². The molecule has 2 fully saturated rings. The lowest BCUT2D eigenvalue weighted by Gasteiger charge is -2.31. The van der Waals surface area contributed by atoms with Crippen LogP contribution in [-0.4, -0.2) is 66.1 Å². The van der Waals surface area contributed by atoms with Crippen molar-refractivity contribution < 1.29 is 19.7 Å². The summed E-state index contributed by atoms with van der Waals surface area (Å²) in [5.74, 6) is -1.50. The maximum atomic E-state index is 8.08. The Morgan fingerprint density at radius 3 is 2.20 bits per heavy atom. The summed E-state index contributed by atoms with van der Waals surface area (Å²) in [6.45, 7) is 5.89. The van der Waals surface area contributed by atoms with E-state index in [4.69, 9.17) is 25.4 Å². The van der Waals surface area contributed by atoms with Gasteiger partial charge in [-0.25, -0.2) is 0 Å². The number of likely N-dealkylation sites (tertiary alicyclic amines) is 1. The number of nitrogens with two attached hydrogens (primary N) is 1. The van der Waals surface area contributed by atoms with E-state index in [9.17, 15) is 0 Å². The highest BCUT2D eigenvalue weighted by molar-refractivity contribution is 4.78. The topological polar surface area (TPSA) is 88.2 Å². The average molecular weight is 290 g/mol. The van der Waals surface area contributed by atoms with Crippen LogP contribution in [0.15, 0.2) is 0 Å². The molecule has 2 aliphatic rings. The van der Waals surface area contributed by atoms with E-state index in [0.29, 0.717) is 12.1 Å². The molecular weight excluding hydrogens is 260 g/mol. The molecule has 2 aliphatic heterocycles. The van der Waals surface area contributed by atoms with E-state index in [1.807, 2.05) is 0 Å². The summed E-state index contributed by atoms with van der Waals surface area (Å²) in [5.41, 5.74) is 5.87. The van der Waals surface area contributed by atoms with Crippen LogP contribution in [0.1, 0.15) is 39.5 Å². The lowest BCUT2D eigenvalue weighted by molar-refractivity contribution is -0.127. The summed E-state index contributed by atoms with van der Waals surface area (Å²) in [6, 6.07) is 0.414. The van der Waals surface area contributed by atoms with Crippen molar-refractivity contribution >= 4 is 0 Å². The summed E-state index contributed by atoms with van der Waals surface area (Å²) in [6.07, 6.45) is 4.81. The van der Waals surface area contributed by atoms with E-state index in [1.165, 1.54) is 13.8 Å². The number of hydrogen-bond donors (Lipinski definition) is 3. The maximum Gasteiger partial charge on any atom is 0.157 e. The Kier molecular flexibility index (Phi) is 7.36. The van der Waals surface area contributed by atoms with Gasteiger partial charge in [-0.2, -0.15) is 0 Å². The minimum Gasteiger partial charge on any atom is -0.366 e. The zero-order valence-electron chi connectivity index (χ0n) is 12.9. The number of hydrogen-bond acceptors (Lipinski definition) is 6. The second-order valence-corrected chi connectivity index (χ2v) is 6.13. The van der Waals surface area contributed by atoms with Gasteiger partial charge in [0.1, 0.15) is 0 Å². The normalized spacial score (nSPS) is 29.1. The van der Waals surface area contributed by atoms with Crippen LogP contribution >= 0.6 is 0 Å². The first-order valence-corrected chi connectivity index (χ1v) is 7.39. The zero-order valence-corrected chi connectivity index (χ0v) is 12.9. The molecule has 2 atom stereocenters. The van der Waals surface area contributed by atoms with E-state index in [2.05, 4.69) is 4.90 Å². The van der Waals surface area contributed by atoms with Crippen molar-refractivity contribution in [3.8, 4) is 0 Å². The molecule has 6 heteroatoms. The van der Waals surface area contributed by atoms with Gasteiger partial charge in [-0.3, -0.25) is 0 Å². The summed E-state index contributed by atoms with van der Waals surface area (Å²) in [7, 11) is 1.72. The molecule has 4 N–H and O–H groups in total. The van der Waals surface area contributed by atoms with E-state index in [1.54, 1.807) is 7.11 Å². The first-order valence-electron chi connectivity index (χ1n) is 7.39. The molecule has 0 spiro atoms. The molecule has 0 aliphatic carbocycles. The van der Waals surface area contributed by atoms with Gasteiger partial charge in [-0.05, 0) is 46.2 Å². The molecule has 0 aromatic carbocycles. The smallest absolute Gasteiger partial charge is 0.157 e. The van der Waals surface area contributed by atoms with E-state index >= 15 is 0 Å². The first kappa shape index (κ1) is 17.8. The molecule has 120 valence electrons. The van der Waals surface area contributed by atoms with Gasteiger partial charge in [0.2, 0.25) is 0 Å². The Balaban J connectivity index is 0.000000347. The van der Waals surface area contributed by atoms with Crippen molar-refractivity contribution in [2.75, 3.05) is 26.7 Å². The van der Waals surface area contributed by atoms with Gasteiger partial charge in [0, 0.05) is 26.1 Å². The molecule has 0 aromatic rings. The molecule has 6 nitrogen and oxygen atoms in total. The molecular formula is C14H30N2O4. The summed E-state index contributed by atoms with van der Waals surface area (Å²) in [4.78, 5) is 2.46. The van der Waals surface area contributed by atoms with Crippen LogP contribution < -0.4 is 5.73 Å². The number of ether oxygens (including phenoxy) is 2. The van der Waals surface area contributed by atoms with E-state index < -0.39 is 5.79 Å². The fourth-order valence-corrected chi connectivity index (χ4v) is 2.40. The van der Waals surface area contributed by atoms with Crippen molar-refractivity contribution in [2.45, 2.75) is 63.8 Å². The van der Waals surface area contributed by atoms with Crippen molar-refractivity contribution in [1.29, 1.82) is 0 Å². The second-order valence-electron chi connectivity index (χ2n) is 6.13. The number of aliphatic hydroxyl groups is 2. The molecule has 0 aromatic heterocycles. The van der Waals surface area contributed by atoms with Gasteiger partial charge >= 0.3 is 0 Å². The van der Waals surface area contributed by atoms with Crippen LogP contribution in [0.25, 0.3) is 0 Å². The van der Waals surface area contributed by atoms with Crippen LogP contribution in [0, 0.1) is 0 Å². The van der Waals surface area contributed by atoms with Gasteiger partial charge in [0.05, 0.1) is 6.10 Å². The van der Waals surface area contributed by atoms with Crippen LogP contribution in [0.3, 0.4) is 0 Å². The standard InChI is InChI=1S/C11H22N2O2.C3H8O2/c1-14-11-3-2-10(15-11)8-13-6-4-9(12)5-7-13;1-3(2,4)5/h9-11H,2-8,12H2,1H3;4-5H,1-2H3. The van der Waals surface area contributed by atoms with Crippen molar-refractivity contribution in [2.24, 2.45) is 5.73 Å². The summed E-state index contributed by atoms with van der Waals surface area (Å²) < 4.78 is 10.9. The number of nitrogens with zero attached hydrogens (tertiary/aromatic N) is 1. The molecule has 2 saturated heterocycles. The summed E-state index contributed by atoms with van der Waals surface area (Å²) >= 11 is 0. The van der Waals surface area contributed by atoms with Crippen LogP contribution in [0.5, 0.6) is 0 Å². The average Bonchev–Trinajstić information content (AvgIpc) is 2.78. The summed E-state index contributed by atoms with van der Waals surface area (Å²) in [5, 5.41) is 16.2. The van der Waals surface area contributed by atoms with E-state index in [-0.39, 0.29) is 6.29 Å². The Morgan fingerprint density at radius 2 is 1.75 bits per heavy atom. The fraction of sp³-hybridized carbons (Fsp3) is 1.00. The Morgan fingerprint density at radius 1 is 1.20 bits per heavy atom. The molecule has 0 radical (unpaired) electrons. The predicted octanol–water partition coefficient (Wildman–Crippen LogP) is 0.268. The second kappa shape index (κ2) is 8.26.